The van der Waals surface area contributed by atoms with Crippen LogP contribution in [0.15, 0.2) is 30.5 Å². The van der Waals surface area contributed by atoms with Crippen LogP contribution < -0.4 is 4.74 Å². The van der Waals surface area contributed by atoms with Gasteiger partial charge in [-0.05, 0) is 30.7 Å². The molecule has 1 aromatic carbocycles. The number of thiazole rings is 1. The van der Waals surface area contributed by atoms with E-state index in [0.29, 0.717) is 17.8 Å². The number of amides is 1. The first kappa shape index (κ1) is 15.5. The number of nitrogens with zero attached hydrogens (tertiary/aromatic N) is 2. The third-order valence-corrected chi connectivity index (χ3v) is 4.91. The van der Waals surface area contributed by atoms with Crippen molar-refractivity contribution >= 4 is 23.2 Å². The Morgan fingerprint density at radius 3 is 2.70 bits per heavy atom. The van der Waals surface area contributed by atoms with Crippen molar-refractivity contribution in [3.63, 3.8) is 0 Å². The molecule has 2 aromatic rings. The lowest BCUT2D eigenvalue weighted by Gasteiger charge is -2.13. The van der Waals surface area contributed by atoms with Crippen LogP contribution >= 0.6 is 11.3 Å². The Bertz CT molecular complexity index is 726. The quantitative estimate of drug-likeness (QED) is 0.930. The fraction of sp³-hybridized carbons (Fsp3) is 0.312. The molecule has 120 valence electrons. The highest BCUT2D eigenvalue weighted by atomic mass is 32.1. The molecule has 1 aliphatic heterocycles. The fourth-order valence-electron chi connectivity index (χ4n) is 2.54. The summed E-state index contributed by atoms with van der Waals surface area (Å²) >= 11 is 1.31. The second kappa shape index (κ2) is 6.37. The number of hydrogen-bond acceptors (Lipinski definition) is 5. The summed E-state index contributed by atoms with van der Waals surface area (Å²) in [4.78, 5) is 29.9. The van der Waals surface area contributed by atoms with Gasteiger partial charge in [0.25, 0.3) is 5.91 Å². The number of carbonyl (C=O) groups is 2. The summed E-state index contributed by atoms with van der Waals surface area (Å²) in [5.74, 6) is -0.694. The molecule has 1 N–H and O–H groups in total. The average Bonchev–Trinajstić information content (AvgIpc) is 3.24. The van der Waals surface area contributed by atoms with E-state index in [1.807, 2.05) is 24.3 Å². The fourth-order valence-corrected chi connectivity index (χ4v) is 3.43. The molecule has 0 unspecified atom stereocenters. The van der Waals surface area contributed by atoms with Gasteiger partial charge >= 0.3 is 5.97 Å². The van der Waals surface area contributed by atoms with Crippen molar-refractivity contribution in [1.29, 1.82) is 0 Å². The Labute approximate surface area is 137 Å². The number of benzene rings is 1. The van der Waals surface area contributed by atoms with Gasteiger partial charge in [-0.3, -0.25) is 9.59 Å². The molecule has 7 heteroatoms. The lowest BCUT2D eigenvalue weighted by molar-refractivity contribution is -0.141. The number of hydrogen-bond donors (Lipinski definition) is 1. The number of carbonyl (C=O) groups excluding carboxylic acids is 1. The zero-order valence-corrected chi connectivity index (χ0v) is 13.4. The van der Waals surface area contributed by atoms with Crippen LogP contribution in [-0.2, 0) is 4.79 Å². The number of carboxylic acid groups (broad SMARTS) is 1. The van der Waals surface area contributed by atoms with Crippen molar-refractivity contribution < 1.29 is 19.4 Å². The van der Waals surface area contributed by atoms with E-state index >= 15 is 0 Å². The molecule has 0 saturated carbocycles. The molecular weight excluding hydrogens is 316 g/mol. The third kappa shape index (κ3) is 3.19. The lowest BCUT2D eigenvalue weighted by atomic mass is 10.1. The van der Waals surface area contributed by atoms with Crippen LogP contribution in [0.4, 0.5) is 0 Å². The molecule has 0 radical (unpaired) electrons. The second-order valence-electron chi connectivity index (χ2n) is 5.33. The summed E-state index contributed by atoms with van der Waals surface area (Å²) < 4.78 is 5.12. The van der Waals surface area contributed by atoms with Crippen LogP contribution in [0.3, 0.4) is 0 Å². The van der Waals surface area contributed by atoms with E-state index in [9.17, 15) is 9.59 Å². The SMILES string of the molecule is COc1ccc(-c2ncc(C(=O)N3CC[C@@H](C(=O)O)C3)s2)cc1. The van der Waals surface area contributed by atoms with E-state index in [1.54, 1.807) is 18.2 Å². The Morgan fingerprint density at radius 2 is 2.09 bits per heavy atom. The van der Waals surface area contributed by atoms with Gasteiger partial charge in [0, 0.05) is 18.7 Å². The van der Waals surface area contributed by atoms with Crippen molar-refractivity contribution in [1.82, 2.24) is 9.88 Å². The largest absolute Gasteiger partial charge is 0.497 e. The Hall–Kier alpha value is -2.41. The number of methoxy groups -OCH3 is 1. The molecule has 6 nitrogen and oxygen atoms in total. The molecule has 2 heterocycles. The number of aliphatic carboxylic acids is 1. The molecule has 1 fully saturated rings. The van der Waals surface area contributed by atoms with Crippen LogP contribution in [0.2, 0.25) is 0 Å². The summed E-state index contributed by atoms with van der Waals surface area (Å²) in [6, 6.07) is 7.47. The predicted octanol–water partition coefficient (Wildman–Crippen LogP) is 2.37. The number of carboxylic acids is 1. The third-order valence-electron chi connectivity index (χ3n) is 3.88. The molecule has 0 aliphatic carbocycles. The molecule has 0 bridgehead atoms. The molecule has 1 amide bonds. The number of ether oxygens (including phenoxy) is 1. The molecule has 23 heavy (non-hydrogen) atoms. The standard InChI is InChI=1S/C16H16N2O4S/c1-22-12-4-2-10(3-5-12)14-17-8-13(23-14)15(19)18-7-6-11(9-18)16(20)21/h2-5,8,11H,6-7,9H2,1H3,(H,20,21)/t11-/m1/s1. The van der Waals surface area contributed by atoms with Crippen LogP contribution in [0.5, 0.6) is 5.75 Å². The highest BCUT2D eigenvalue weighted by molar-refractivity contribution is 7.16. The summed E-state index contributed by atoms with van der Waals surface area (Å²) in [6.45, 7) is 0.746. The summed E-state index contributed by atoms with van der Waals surface area (Å²) in [5, 5.41) is 9.78. The van der Waals surface area contributed by atoms with E-state index in [2.05, 4.69) is 4.98 Å². The molecule has 1 aliphatic rings. The minimum atomic E-state index is -0.844. The summed E-state index contributed by atoms with van der Waals surface area (Å²) in [5.41, 5.74) is 0.916. The highest BCUT2D eigenvalue weighted by Gasteiger charge is 2.32. The smallest absolute Gasteiger partial charge is 0.308 e. The van der Waals surface area contributed by atoms with Crippen LogP contribution in [0, 0.1) is 5.92 Å². The molecule has 1 saturated heterocycles. The van der Waals surface area contributed by atoms with E-state index in [-0.39, 0.29) is 12.5 Å². The van der Waals surface area contributed by atoms with Gasteiger partial charge in [-0.15, -0.1) is 11.3 Å². The number of rotatable bonds is 4. The Balaban J connectivity index is 1.73. The lowest BCUT2D eigenvalue weighted by Crippen LogP contribution is -2.29. The first-order valence-electron chi connectivity index (χ1n) is 7.21. The predicted molar refractivity (Wildman–Crippen MR) is 85.7 cm³/mol. The Kier molecular flexibility index (Phi) is 4.29. The van der Waals surface area contributed by atoms with Crippen molar-refractivity contribution in [3.05, 3.63) is 35.3 Å². The maximum absolute atomic E-state index is 12.4. The monoisotopic (exact) mass is 332 g/mol. The van der Waals surface area contributed by atoms with E-state index in [1.165, 1.54) is 11.3 Å². The minimum Gasteiger partial charge on any atom is -0.497 e. The van der Waals surface area contributed by atoms with Gasteiger partial charge in [0.15, 0.2) is 0 Å². The van der Waals surface area contributed by atoms with Gasteiger partial charge in [0.2, 0.25) is 0 Å². The van der Waals surface area contributed by atoms with Gasteiger partial charge < -0.3 is 14.7 Å². The number of aromatic nitrogens is 1. The van der Waals surface area contributed by atoms with Crippen LogP contribution in [0.25, 0.3) is 10.6 Å². The zero-order chi connectivity index (χ0) is 16.4. The van der Waals surface area contributed by atoms with E-state index in [4.69, 9.17) is 9.84 Å². The van der Waals surface area contributed by atoms with Crippen LogP contribution in [-0.4, -0.2) is 47.1 Å². The molecule has 0 spiro atoms. The highest BCUT2D eigenvalue weighted by Crippen LogP contribution is 2.28. The Morgan fingerprint density at radius 1 is 1.35 bits per heavy atom. The van der Waals surface area contributed by atoms with Crippen molar-refractivity contribution in [3.8, 4) is 16.3 Å². The maximum atomic E-state index is 12.4. The number of likely N-dealkylation sites (tertiary alicyclic amines) is 1. The molecule has 1 aromatic heterocycles. The molecular formula is C16H16N2O4S. The van der Waals surface area contributed by atoms with Crippen molar-refractivity contribution in [2.45, 2.75) is 6.42 Å². The van der Waals surface area contributed by atoms with Gasteiger partial charge in [0.05, 0.1) is 19.2 Å². The first-order chi connectivity index (χ1) is 11.1. The molecule has 1 atom stereocenters. The summed E-state index contributed by atoms with van der Waals surface area (Å²) in [7, 11) is 1.61. The average molecular weight is 332 g/mol. The van der Waals surface area contributed by atoms with E-state index < -0.39 is 11.9 Å². The summed E-state index contributed by atoms with van der Waals surface area (Å²) in [6.07, 6.45) is 2.06. The topological polar surface area (TPSA) is 79.7 Å². The maximum Gasteiger partial charge on any atom is 0.308 e. The van der Waals surface area contributed by atoms with Gasteiger partial charge in [0.1, 0.15) is 15.6 Å². The van der Waals surface area contributed by atoms with Crippen molar-refractivity contribution in [2.24, 2.45) is 5.92 Å². The van der Waals surface area contributed by atoms with Crippen molar-refractivity contribution in [2.75, 3.05) is 20.2 Å². The van der Waals surface area contributed by atoms with Gasteiger partial charge in [-0.25, -0.2) is 4.98 Å². The zero-order valence-electron chi connectivity index (χ0n) is 12.6. The molecule has 3 rings (SSSR count). The first-order valence-corrected chi connectivity index (χ1v) is 8.02. The van der Waals surface area contributed by atoms with E-state index in [0.717, 1.165) is 16.3 Å². The van der Waals surface area contributed by atoms with Gasteiger partial charge in [-0.1, -0.05) is 0 Å². The van der Waals surface area contributed by atoms with Gasteiger partial charge in [-0.2, -0.15) is 0 Å². The second-order valence-corrected chi connectivity index (χ2v) is 6.36. The minimum absolute atomic E-state index is 0.147. The van der Waals surface area contributed by atoms with Crippen LogP contribution in [0.1, 0.15) is 16.1 Å². The normalized spacial score (nSPS) is 17.3.